The Kier molecular flexibility index (Phi) is 3.99. The van der Waals surface area contributed by atoms with Crippen LogP contribution < -0.4 is 11.1 Å². The SMILES string of the molecule is Cc1cc(O)ccc1NC(=O)c1sc(N)nc1-c1ccccc1. The molecule has 1 heterocycles. The Balaban J connectivity index is 1.94. The standard InChI is InChI=1S/C17H15N3O2S/c1-10-9-12(21)7-8-13(10)19-16(22)15-14(20-17(18)23-15)11-5-3-2-4-6-11/h2-9,21H,1H3,(H2,18,20)(H,19,22). The van der Waals surface area contributed by atoms with Gasteiger partial charge in [0.15, 0.2) is 5.13 Å². The lowest BCUT2D eigenvalue weighted by Crippen LogP contribution is -2.12. The van der Waals surface area contributed by atoms with E-state index in [4.69, 9.17) is 5.73 Å². The van der Waals surface area contributed by atoms with Gasteiger partial charge in [0.05, 0.1) is 5.69 Å². The van der Waals surface area contributed by atoms with Crippen LogP contribution in [-0.2, 0) is 0 Å². The number of phenolic OH excluding ortho intramolecular Hbond substituents is 1. The predicted octanol–water partition coefficient (Wildman–Crippen LogP) is 3.66. The number of benzene rings is 2. The number of hydrogen-bond donors (Lipinski definition) is 3. The van der Waals surface area contributed by atoms with Gasteiger partial charge in [-0.1, -0.05) is 41.7 Å². The number of anilines is 2. The number of rotatable bonds is 3. The van der Waals surface area contributed by atoms with Crippen molar-refractivity contribution in [1.82, 2.24) is 4.98 Å². The maximum Gasteiger partial charge on any atom is 0.268 e. The number of nitrogens with one attached hydrogen (secondary N) is 1. The van der Waals surface area contributed by atoms with Gasteiger partial charge in [0.25, 0.3) is 5.91 Å². The molecule has 0 aliphatic heterocycles. The van der Waals surface area contributed by atoms with Gasteiger partial charge in [0.2, 0.25) is 0 Å². The molecule has 0 aliphatic rings. The maximum atomic E-state index is 12.6. The fourth-order valence-corrected chi connectivity index (χ4v) is 3.00. The van der Waals surface area contributed by atoms with Crippen molar-refractivity contribution in [1.29, 1.82) is 0 Å². The van der Waals surface area contributed by atoms with Gasteiger partial charge in [-0.2, -0.15) is 0 Å². The number of phenols is 1. The third-order valence-electron chi connectivity index (χ3n) is 3.36. The van der Waals surface area contributed by atoms with Crippen molar-refractivity contribution in [2.45, 2.75) is 6.92 Å². The first-order valence-electron chi connectivity index (χ1n) is 6.97. The van der Waals surface area contributed by atoms with Crippen LogP contribution in [0.2, 0.25) is 0 Å². The number of nitrogen functional groups attached to an aromatic ring is 1. The van der Waals surface area contributed by atoms with Crippen LogP contribution in [-0.4, -0.2) is 16.0 Å². The summed E-state index contributed by atoms with van der Waals surface area (Å²) in [5, 5.41) is 12.6. The number of thiazole rings is 1. The highest BCUT2D eigenvalue weighted by Gasteiger charge is 2.19. The Hall–Kier alpha value is -2.86. The van der Waals surface area contributed by atoms with E-state index >= 15 is 0 Å². The molecular formula is C17H15N3O2S. The second-order valence-electron chi connectivity index (χ2n) is 5.05. The van der Waals surface area contributed by atoms with Crippen LogP contribution >= 0.6 is 11.3 Å². The molecule has 0 unspecified atom stereocenters. The Labute approximate surface area is 137 Å². The fourth-order valence-electron chi connectivity index (χ4n) is 2.25. The number of carbonyl (C=O) groups is 1. The fraction of sp³-hybridized carbons (Fsp3) is 0.0588. The summed E-state index contributed by atoms with van der Waals surface area (Å²) in [6, 6.07) is 14.2. The highest BCUT2D eigenvalue weighted by Crippen LogP contribution is 2.30. The number of amides is 1. The van der Waals surface area contributed by atoms with E-state index in [1.807, 2.05) is 37.3 Å². The molecular weight excluding hydrogens is 310 g/mol. The monoisotopic (exact) mass is 325 g/mol. The van der Waals surface area contributed by atoms with E-state index in [0.717, 1.165) is 22.5 Å². The Morgan fingerprint density at radius 1 is 1.22 bits per heavy atom. The van der Waals surface area contributed by atoms with Gasteiger partial charge >= 0.3 is 0 Å². The number of aromatic hydroxyl groups is 1. The summed E-state index contributed by atoms with van der Waals surface area (Å²) in [6.45, 7) is 1.81. The highest BCUT2D eigenvalue weighted by atomic mass is 32.1. The van der Waals surface area contributed by atoms with Crippen LogP contribution in [0.4, 0.5) is 10.8 Å². The molecule has 0 aliphatic carbocycles. The predicted molar refractivity (Wildman–Crippen MR) is 92.8 cm³/mol. The minimum atomic E-state index is -0.271. The van der Waals surface area contributed by atoms with Crippen LogP contribution in [0.15, 0.2) is 48.5 Å². The summed E-state index contributed by atoms with van der Waals surface area (Å²) < 4.78 is 0. The lowest BCUT2D eigenvalue weighted by molar-refractivity contribution is 0.103. The molecule has 23 heavy (non-hydrogen) atoms. The first-order valence-corrected chi connectivity index (χ1v) is 7.79. The lowest BCUT2D eigenvalue weighted by Gasteiger charge is -2.08. The zero-order chi connectivity index (χ0) is 16.4. The first-order chi connectivity index (χ1) is 11.0. The Morgan fingerprint density at radius 2 is 1.96 bits per heavy atom. The average Bonchev–Trinajstić information content (AvgIpc) is 2.93. The van der Waals surface area contributed by atoms with E-state index in [0.29, 0.717) is 21.4 Å². The number of aryl methyl sites for hydroxylation is 1. The molecule has 2 aromatic carbocycles. The van der Waals surface area contributed by atoms with Gasteiger partial charge in [-0.3, -0.25) is 4.79 Å². The van der Waals surface area contributed by atoms with Crippen molar-refractivity contribution in [2.75, 3.05) is 11.1 Å². The maximum absolute atomic E-state index is 12.6. The minimum Gasteiger partial charge on any atom is -0.508 e. The van der Waals surface area contributed by atoms with E-state index in [2.05, 4.69) is 10.3 Å². The molecule has 0 bridgehead atoms. The van der Waals surface area contributed by atoms with Crippen LogP contribution in [0.3, 0.4) is 0 Å². The topological polar surface area (TPSA) is 88.2 Å². The highest BCUT2D eigenvalue weighted by molar-refractivity contribution is 7.17. The zero-order valence-corrected chi connectivity index (χ0v) is 13.2. The summed E-state index contributed by atoms with van der Waals surface area (Å²) in [6.07, 6.45) is 0. The molecule has 0 saturated carbocycles. The van der Waals surface area contributed by atoms with Crippen molar-refractivity contribution in [3.05, 3.63) is 59.0 Å². The molecule has 4 N–H and O–H groups in total. The Morgan fingerprint density at radius 3 is 2.65 bits per heavy atom. The average molecular weight is 325 g/mol. The summed E-state index contributed by atoms with van der Waals surface area (Å²) in [5.74, 6) is -0.112. The molecule has 1 aromatic heterocycles. The summed E-state index contributed by atoms with van der Waals surface area (Å²) in [7, 11) is 0. The molecule has 1 amide bonds. The summed E-state index contributed by atoms with van der Waals surface area (Å²) in [4.78, 5) is 17.3. The smallest absolute Gasteiger partial charge is 0.268 e. The normalized spacial score (nSPS) is 10.5. The molecule has 0 fully saturated rings. The third-order valence-corrected chi connectivity index (χ3v) is 4.24. The van der Waals surface area contributed by atoms with Crippen molar-refractivity contribution in [2.24, 2.45) is 0 Å². The quantitative estimate of drug-likeness (QED) is 0.641. The molecule has 116 valence electrons. The number of nitrogens with zero attached hydrogens (tertiary/aromatic N) is 1. The molecule has 3 aromatic rings. The van der Waals surface area contributed by atoms with Gasteiger partial charge in [0.1, 0.15) is 10.6 Å². The number of nitrogens with two attached hydrogens (primary N) is 1. The number of hydrogen-bond acceptors (Lipinski definition) is 5. The second kappa shape index (κ2) is 6.10. The van der Waals surface area contributed by atoms with Gasteiger partial charge in [-0.05, 0) is 30.7 Å². The summed E-state index contributed by atoms with van der Waals surface area (Å²) >= 11 is 1.15. The van der Waals surface area contributed by atoms with Crippen LogP contribution in [0.25, 0.3) is 11.3 Å². The molecule has 6 heteroatoms. The number of aromatic nitrogens is 1. The van der Waals surface area contributed by atoms with Crippen LogP contribution in [0.1, 0.15) is 15.2 Å². The van der Waals surface area contributed by atoms with E-state index < -0.39 is 0 Å². The van der Waals surface area contributed by atoms with E-state index in [9.17, 15) is 9.90 Å². The van der Waals surface area contributed by atoms with Gasteiger partial charge in [-0.15, -0.1) is 0 Å². The van der Waals surface area contributed by atoms with E-state index in [1.165, 1.54) is 6.07 Å². The van der Waals surface area contributed by atoms with Crippen LogP contribution in [0.5, 0.6) is 5.75 Å². The van der Waals surface area contributed by atoms with Crippen LogP contribution in [0, 0.1) is 6.92 Å². The molecule has 0 saturated heterocycles. The van der Waals surface area contributed by atoms with Crippen molar-refractivity contribution in [3.63, 3.8) is 0 Å². The van der Waals surface area contributed by atoms with Crippen molar-refractivity contribution in [3.8, 4) is 17.0 Å². The number of carbonyl (C=O) groups excluding carboxylic acids is 1. The van der Waals surface area contributed by atoms with E-state index in [-0.39, 0.29) is 11.7 Å². The van der Waals surface area contributed by atoms with Gasteiger partial charge in [-0.25, -0.2) is 4.98 Å². The molecule has 0 atom stereocenters. The molecule has 5 nitrogen and oxygen atoms in total. The lowest BCUT2D eigenvalue weighted by atomic mass is 10.1. The zero-order valence-electron chi connectivity index (χ0n) is 12.4. The Bertz CT molecular complexity index is 860. The van der Waals surface area contributed by atoms with Crippen molar-refractivity contribution >= 4 is 28.1 Å². The van der Waals surface area contributed by atoms with Gasteiger partial charge < -0.3 is 16.2 Å². The molecule has 3 rings (SSSR count). The summed E-state index contributed by atoms with van der Waals surface area (Å²) in [5.41, 5.74) is 8.62. The van der Waals surface area contributed by atoms with Crippen molar-refractivity contribution < 1.29 is 9.90 Å². The largest absolute Gasteiger partial charge is 0.508 e. The second-order valence-corrected chi connectivity index (χ2v) is 6.08. The van der Waals surface area contributed by atoms with Gasteiger partial charge in [0, 0.05) is 11.3 Å². The third kappa shape index (κ3) is 3.17. The molecule has 0 spiro atoms. The van der Waals surface area contributed by atoms with E-state index in [1.54, 1.807) is 12.1 Å². The molecule has 0 radical (unpaired) electrons. The first kappa shape index (κ1) is 15.1. The minimum absolute atomic E-state index is 0.160.